The molecule has 2 atom stereocenters. The number of anilines is 1. The van der Waals surface area contributed by atoms with Crippen LogP contribution in [0.2, 0.25) is 0 Å². The maximum Gasteiger partial charge on any atom is 0.213 e. The fraction of sp³-hybridized carbons (Fsp3) is 0.467. The van der Waals surface area contributed by atoms with Crippen molar-refractivity contribution in [3.05, 3.63) is 29.4 Å². The minimum Gasteiger partial charge on any atom is -0.495 e. The molecule has 2 aromatic rings. The van der Waals surface area contributed by atoms with Crippen molar-refractivity contribution < 1.29 is 9.47 Å². The minimum atomic E-state index is 0.188. The lowest BCUT2D eigenvalue weighted by Gasteiger charge is -2.28. The Morgan fingerprint density at radius 1 is 1.33 bits per heavy atom. The van der Waals surface area contributed by atoms with Crippen molar-refractivity contribution in [3.8, 4) is 11.6 Å². The quantitative estimate of drug-likeness (QED) is 0.939. The number of methoxy groups -OCH3 is 1. The Bertz CT molecular complexity index is 585. The maximum absolute atomic E-state index is 5.99. The summed E-state index contributed by atoms with van der Waals surface area (Å²) in [5.41, 5.74) is 6.83. The smallest absolute Gasteiger partial charge is 0.213 e. The predicted molar refractivity (Wildman–Crippen MR) is 82.9 cm³/mol. The van der Waals surface area contributed by atoms with Crippen molar-refractivity contribution >= 4 is 16.5 Å². The molecule has 0 aromatic carbocycles. The lowest BCUT2D eigenvalue weighted by Crippen LogP contribution is -2.25. The Morgan fingerprint density at radius 2 is 2.24 bits per heavy atom. The van der Waals surface area contributed by atoms with Gasteiger partial charge in [-0.1, -0.05) is 0 Å². The first-order chi connectivity index (χ1) is 10.2. The SMILES string of the molecule is COc1ccc(O[C@H]2CCC[C@H](c3csc(N)n3)C2)nc1. The summed E-state index contributed by atoms with van der Waals surface area (Å²) in [6.07, 6.45) is 6.19. The third kappa shape index (κ3) is 3.44. The lowest BCUT2D eigenvalue weighted by molar-refractivity contribution is 0.136. The fourth-order valence-corrected chi connectivity index (χ4v) is 3.38. The van der Waals surface area contributed by atoms with Gasteiger partial charge in [-0.25, -0.2) is 9.97 Å². The molecule has 112 valence electrons. The van der Waals surface area contributed by atoms with Crippen LogP contribution in [0.5, 0.6) is 11.6 Å². The number of nitrogen functional groups attached to an aromatic ring is 1. The van der Waals surface area contributed by atoms with Gasteiger partial charge in [0, 0.05) is 17.4 Å². The molecule has 6 heteroatoms. The molecule has 2 aromatic heterocycles. The van der Waals surface area contributed by atoms with Crippen molar-refractivity contribution in [2.45, 2.75) is 37.7 Å². The average Bonchev–Trinajstić information content (AvgIpc) is 2.95. The summed E-state index contributed by atoms with van der Waals surface area (Å²) in [5.74, 6) is 1.83. The number of thiazole rings is 1. The van der Waals surface area contributed by atoms with Crippen LogP contribution >= 0.6 is 11.3 Å². The van der Waals surface area contributed by atoms with Crippen LogP contribution < -0.4 is 15.2 Å². The van der Waals surface area contributed by atoms with E-state index in [9.17, 15) is 0 Å². The molecule has 0 radical (unpaired) electrons. The molecule has 1 aliphatic rings. The summed E-state index contributed by atoms with van der Waals surface area (Å²) >= 11 is 1.51. The number of nitrogens with two attached hydrogens (primary N) is 1. The van der Waals surface area contributed by atoms with E-state index < -0.39 is 0 Å². The van der Waals surface area contributed by atoms with E-state index in [0.717, 1.165) is 37.1 Å². The number of hydrogen-bond acceptors (Lipinski definition) is 6. The minimum absolute atomic E-state index is 0.188. The van der Waals surface area contributed by atoms with Crippen molar-refractivity contribution in [2.75, 3.05) is 12.8 Å². The van der Waals surface area contributed by atoms with E-state index >= 15 is 0 Å². The van der Waals surface area contributed by atoms with Crippen LogP contribution in [-0.4, -0.2) is 23.2 Å². The normalized spacial score (nSPS) is 22.0. The van der Waals surface area contributed by atoms with E-state index in [4.69, 9.17) is 15.2 Å². The molecule has 1 aliphatic carbocycles. The highest BCUT2D eigenvalue weighted by Crippen LogP contribution is 2.35. The molecule has 2 heterocycles. The first kappa shape index (κ1) is 14.1. The molecule has 0 unspecified atom stereocenters. The van der Waals surface area contributed by atoms with E-state index in [1.807, 2.05) is 12.1 Å². The Hall–Kier alpha value is -1.82. The van der Waals surface area contributed by atoms with Gasteiger partial charge in [-0.05, 0) is 31.7 Å². The second-order valence-corrected chi connectivity index (χ2v) is 6.14. The number of rotatable bonds is 4. The van der Waals surface area contributed by atoms with Crippen LogP contribution in [0.15, 0.2) is 23.7 Å². The Morgan fingerprint density at radius 3 is 2.90 bits per heavy atom. The van der Waals surface area contributed by atoms with E-state index in [0.29, 0.717) is 16.9 Å². The van der Waals surface area contributed by atoms with Gasteiger partial charge in [-0.3, -0.25) is 0 Å². The molecular weight excluding hydrogens is 286 g/mol. The lowest BCUT2D eigenvalue weighted by atomic mass is 9.85. The zero-order valence-corrected chi connectivity index (χ0v) is 12.8. The third-order valence-corrected chi connectivity index (χ3v) is 4.51. The van der Waals surface area contributed by atoms with Gasteiger partial charge in [-0.15, -0.1) is 11.3 Å². The van der Waals surface area contributed by atoms with Crippen LogP contribution in [0, 0.1) is 0 Å². The fourth-order valence-electron chi connectivity index (χ4n) is 2.74. The van der Waals surface area contributed by atoms with Crippen molar-refractivity contribution in [3.63, 3.8) is 0 Å². The van der Waals surface area contributed by atoms with Gasteiger partial charge >= 0.3 is 0 Å². The summed E-state index contributed by atoms with van der Waals surface area (Å²) < 4.78 is 11.1. The third-order valence-electron chi connectivity index (χ3n) is 3.82. The van der Waals surface area contributed by atoms with Gasteiger partial charge in [0.2, 0.25) is 5.88 Å². The summed E-state index contributed by atoms with van der Waals surface area (Å²) in [4.78, 5) is 8.67. The van der Waals surface area contributed by atoms with Crippen molar-refractivity contribution in [2.24, 2.45) is 0 Å². The Labute approximate surface area is 128 Å². The molecule has 0 aliphatic heterocycles. The second-order valence-electron chi connectivity index (χ2n) is 5.25. The van der Waals surface area contributed by atoms with Crippen molar-refractivity contribution in [1.29, 1.82) is 0 Å². The first-order valence-corrected chi connectivity index (χ1v) is 8.00. The van der Waals surface area contributed by atoms with Gasteiger partial charge in [0.05, 0.1) is 19.0 Å². The van der Waals surface area contributed by atoms with Gasteiger partial charge in [0.15, 0.2) is 5.13 Å². The standard InChI is InChI=1S/C15H19N3O2S/c1-19-12-5-6-14(17-8-12)20-11-4-2-3-10(7-11)13-9-21-15(16)18-13/h5-6,8-11H,2-4,7H2,1H3,(H2,16,18)/t10-,11-/m0/s1. The molecule has 3 rings (SSSR count). The molecule has 2 N–H and O–H groups in total. The summed E-state index contributed by atoms with van der Waals surface area (Å²) in [6, 6.07) is 3.72. The largest absolute Gasteiger partial charge is 0.495 e. The molecule has 0 saturated heterocycles. The number of nitrogens with zero attached hydrogens (tertiary/aromatic N) is 2. The molecular formula is C15H19N3O2S. The Kier molecular flexibility index (Phi) is 4.24. The zero-order valence-electron chi connectivity index (χ0n) is 12.0. The number of hydrogen-bond donors (Lipinski definition) is 1. The molecule has 0 amide bonds. The average molecular weight is 305 g/mol. The Balaban J connectivity index is 1.62. The summed E-state index contributed by atoms with van der Waals surface area (Å²) in [6.45, 7) is 0. The summed E-state index contributed by atoms with van der Waals surface area (Å²) in [5, 5.41) is 2.71. The predicted octanol–water partition coefficient (Wildman–Crippen LogP) is 3.23. The van der Waals surface area contributed by atoms with Crippen LogP contribution in [-0.2, 0) is 0 Å². The van der Waals surface area contributed by atoms with E-state index in [2.05, 4.69) is 15.3 Å². The molecule has 5 nitrogen and oxygen atoms in total. The van der Waals surface area contributed by atoms with Crippen LogP contribution in [0.1, 0.15) is 37.3 Å². The van der Waals surface area contributed by atoms with Crippen LogP contribution in [0.3, 0.4) is 0 Å². The number of ether oxygens (including phenoxy) is 2. The molecule has 21 heavy (non-hydrogen) atoms. The van der Waals surface area contributed by atoms with E-state index in [1.54, 1.807) is 13.3 Å². The highest BCUT2D eigenvalue weighted by molar-refractivity contribution is 7.13. The van der Waals surface area contributed by atoms with Crippen LogP contribution in [0.4, 0.5) is 5.13 Å². The molecule has 1 fully saturated rings. The van der Waals surface area contributed by atoms with Gasteiger partial charge < -0.3 is 15.2 Å². The van der Waals surface area contributed by atoms with Gasteiger partial charge in [0.1, 0.15) is 11.9 Å². The van der Waals surface area contributed by atoms with Crippen LogP contribution in [0.25, 0.3) is 0 Å². The first-order valence-electron chi connectivity index (χ1n) is 7.12. The van der Waals surface area contributed by atoms with Gasteiger partial charge in [-0.2, -0.15) is 0 Å². The molecule has 0 bridgehead atoms. The van der Waals surface area contributed by atoms with E-state index in [-0.39, 0.29) is 6.10 Å². The maximum atomic E-state index is 5.99. The van der Waals surface area contributed by atoms with E-state index in [1.165, 1.54) is 11.3 Å². The second kappa shape index (κ2) is 6.30. The number of aromatic nitrogens is 2. The highest BCUT2D eigenvalue weighted by Gasteiger charge is 2.26. The van der Waals surface area contributed by atoms with Crippen molar-refractivity contribution in [1.82, 2.24) is 9.97 Å². The summed E-state index contributed by atoms with van der Waals surface area (Å²) in [7, 11) is 1.63. The zero-order chi connectivity index (χ0) is 14.7. The molecule has 1 saturated carbocycles. The monoisotopic (exact) mass is 305 g/mol. The topological polar surface area (TPSA) is 70.3 Å². The highest BCUT2D eigenvalue weighted by atomic mass is 32.1. The van der Waals surface area contributed by atoms with Gasteiger partial charge in [0.25, 0.3) is 0 Å². The number of pyridine rings is 1. The molecule has 0 spiro atoms.